The third-order valence-corrected chi connectivity index (χ3v) is 2.88. The molecule has 7 heteroatoms. The molecule has 22 heavy (non-hydrogen) atoms. The van der Waals surface area contributed by atoms with Crippen molar-refractivity contribution in [2.24, 2.45) is 0 Å². The number of nitrogens with one attached hydrogen (secondary N) is 2. The molecule has 0 aliphatic rings. The Morgan fingerprint density at radius 3 is 2.55 bits per heavy atom. The minimum atomic E-state index is -0.326. The number of hydrogen-bond donors (Lipinski definition) is 2. The lowest BCUT2D eigenvalue weighted by atomic mass is 10.2. The maximum absolute atomic E-state index is 11.7. The molecule has 0 aliphatic carbocycles. The lowest BCUT2D eigenvalue weighted by molar-refractivity contribution is -0.120. The average Bonchev–Trinajstić information content (AvgIpc) is 2.55. The Labute approximate surface area is 127 Å². The van der Waals surface area contributed by atoms with Crippen LogP contribution in [0.15, 0.2) is 53.5 Å². The van der Waals surface area contributed by atoms with E-state index in [4.69, 9.17) is 0 Å². The highest BCUT2D eigenvalue weighted by Crippen LogP contribution is 1.97. The molecule has 0 saturated heterocycles. The van der Waals surface area contributed by atoms with Gasteiger partial charge in [0.15, 0.2) is 0 Å². The topological polar surface area (TPSA) is 93.1 Å². The van der Waals surface area contributed by atoms with Gasteiger partial charge in [-0.25, -0.2) is 4.68 Å². The van der Waals surface area contributed by atoms with E-state index in [1.807, 2.05) is 6.07 Å². The number of hydrogen-bond acceptors (Lipinski definition) is 4. The normalized spacial score (nSPS) is 10.0. The van der Waals surface area contributed by atoms with Gasteiger partial charge in [-0.3, -0.25) is 14.4 Å². The van der Waals surface area contributed by atoms with E-state index >= 15 is 0 Å². The van der Waals surface area contributed by atoms with Crippen molar-refractivity contribution in [3.05, 3.63) is 64.6 Å². The predicted molar refractivity (Wildman–Crippen MR) is 80.3 cm³/mol. The van der Waals surface area contributed by atoms with Gasteiger partial charge in [-0.1, -0.05) is 18.2 Å². The van der Waals surface area contributed by atoms with Gasteiger partial charge < -0.3 is 10.6 Å². The van der Waals surface area contributed by atoms with Crippen LogP contribution in [0, 0.1) is 0 Å². The standard InChI is InChI=1S/C15H16N4O3/c20-13(11-17-15(22)12-5-2-1-3-6-12)16-9-10-19-14(21)7-4-8-18-19/h1-8H,9-11H2,(H,16,20)(H,17,22). The molecule has 2 amide bonds. The van der Waals surface area contributed by atoms with E-state index in [1.54, 1.807) is 30.3 Å². The minimum absolute atomic E-state index is 0.120. The zero-order valence-electron chi connectivity index (χ0n) is 11.9. The third-order valence-electron chi connectivity index (χ3n) is 2.88. The number of nitrogens with zero attached hydrogens (tertiary/aromatic N) is 2. The lowest BCUT2D eigenvalue weighted by Crippen LogP contribution is -2.39. The van der Waals surface area contributed by atoms with Gasteiger partial charge in [0.05, 0.1) is 13.1 Å². The lowest BCUT2D eigenvalue weighted by Gasteiger charge is -2.07. The second kappa shape index (κ2) is 7.72. The van der Waals surface area contributed by atoms with Crippen LogP contribution in [0.2, 0.25) is 0 Å². The molecule has 2 aromatic rings. The molecule has 0 fully saturated rings. The van der Waals surface area contributed by atoms with Gasteiger partial charge in [0.25, 0.3) is 11.5 Å². The Morgan fingerprint density at radius 1 is 1.05 bits per heavy atom. The van der Waals surface area contributed by atoms with E-state index in [0.29, 0.717) is 5.56 Å². The van der Waals surface area contributed by atoms with E-state index in [1.165, 1.54) is 16.9 Å². The van der Waals surface area contributed by atoms with Crippen LogP contribution in [-0.4, -0.2) is 34.7 Å². The molecule has 114 valence electrons. The molecule has 1 aromatic carbocycles. The van der Waals surface area contributed by atoms with E-state index in [9.17, 15) is 14.4 Å². The van der Waals surface area contributed by atoms with Crippen LogP contribution in [0.25, 0.3) is 0 Å². The fourth-order valence-electron chi connectivity index (χ4n) is 1.77. The largest absolute Gasteiger partial charge is 0.353 e. The van der Waals surface area contributed by atoms with E-state index < -0.39 is 0 Å². The molecule has 0 spiro atoms. The van der Waals surface area contributed by atoms with Crippen LogP contribution in [-0.2, 0) is 11.3 Å². The number of benzene rings is 1. The van der Waals surface area contributed by atoms with Gasteiger partial charge >= 0.3 is 0 Å². The maximum atomic E-state index is 11.7. The highest BCUT2D eigenvalue weighted by atomic mass is 16.2. The van der Waals surface area contributed by atoms with Gasteiger partial charge in [-0.15, -0.1) is 0 Å². The zero-order valence-corrected chi connectivity index (χ0v) is 11.9. The summed E-state index contributed by atoms with van der Waals surface area (Å²) in [5.41, 5.74) is 0.268. The summed E-state index contributed by atoms with van der Waals surface area (Å²) in [4.78, 5) is 34.8. The Hall–Kier alpha value is -2.96. The van der Waals surface area contributed by atoms with E-state index in [2.05, 4.69) is 15.7 Å². The van der Waals surface area contributed by atoms with Crippen molar-refractivity contribution in [1.29, 1.82) is 0 Å². The molecule has 0 saturated carbocycles. The molecule has 0 unspecified atom stereocenters. The van der Waals surface area contributed by atoms with Crippen LogP contribution in [0.1, 0.15) is 10.4 Å². The summed E-state index contributed by atoms with van der Waals surface area (Å²) >= 11 is 0. The molecule has 7 nitrogen and oxygen atoms in total. The smallest absolute Gasteiger partial charge is 0.266 e. The Bertz CT molecular complexity index is 697. The van der Waals surface area contributed by atoms with Gasteiger partial charge in [0, 0.05) is 24.4 Å². The number of carbonyl (C=O) groups is 2. The molecule has 0 radical (unpaired) electrons. The number of carbonyl (C=O) groups excluding carboxylic acids is 2. The SMILES string of the molecule is O=C(CNC(=O)c1ccccc1)NCCn1ncccc1=O. The Morgan fingerprint density at radius 2 is 1.82 bits per heavy atom. The van der Waals surface area contributed by atoms with E-state index in [-0.39, 0.29) is 37.0 Å². The van der Waals surface area contributed by atoms with Crippen LogP contribution < -0.4 is 16.2 Å². The zero-order chi connectivity index (χ0) is 15.8. The summed E-state index contributed by atoms with van der Waals surface area (Å²) in [6.07, 6.45) is 1.50. The maximum Gasteiger partial charge on any atom is 0.266 e. The number of amides is 2. The van der Waals surface area contributed by atoms with Gasteiger partial charge in [0.2, 0.25) is 5.91 Å². The van der Waals surface area contributed by atoms with Crippen molar-refractivity contribution in [1.82, 2.24) is 20.4 Å². The average molecular weight is 300 g/mol. The highest BCUT2D eigenvalue weighted by molar-refractivity contribution is 5.96. The van der Waals surface area contributed by atoms with Crippen molar-refractivity contribution in [3.63, 3.8) is 0 Å². The highest BCUT2D eigenvalue weighted by Gasteiger charge is 2.07. The summed E-state index contributed by atoms with van der Waals surface area (Å²) < 4.78 is 1.25. The number of rotatable bonds is 6. The van der Waals surface area contributed by atoms with Crippen LogP contribution >= 0.6 is 0 Å². The Kier molecular flexibility index (Phi) is 5.42. The van der Waals surface area contributed by atoms with Crippen molar-refractivity contribution in [2.75, 3.05) is 13.1 Å². The first-order chi connectivity index (χ1) is 10.7. The van der Waals surface area contributed by atoms with Crippen molar-refractivity contribution in [2.45, 2.75) is 6.54 Å². The Balaban J connectivity index is 1.71. The summed E-state index contributed by atoms with van der Waals surface area (Å²) in [7, 11) is 0. The fourth-order valence-corrected chi connectivity index (χ4v) is 1.77. The molecule has 2 rings (SSSR count). The molecule has 0 bridgehead atoms. The quantitative estimate of drug-likeness (QED) is 0.772. The van der Waals surface area contributed by atoms with Crippen molar-refractivity contribution >= 4 is 11.8 Å². The fraction of sp³-hybridized carbons (Fsp3) is 0.200. The monoisotopic (exact) mass is 300 g/mol. The molecule has 1 heterocycles. The summed E-state index contributed by atoms with van der Waals surface area (Å²) in [5.74, 6) is -0.634. The first-order valence-electron chi connectivity index (χ1n) is 6.79. The molecular formula is C15H16N4O3. The van der Waals surface area contributed by atoms with Gasteiger partial charge in [-0.2, -0.15) is 5.10 Å². The van der Waals surface area contributed by atoms with Gasteiger partial charge in [0.1, 0.15) is 0 Å². The third kappa shape index (κ3) is 4.55. The summed E-state index contributed by atoms with van der Waals surface area (Å²) in [5, 5.41) is 9.01. The first-order valence-corrected chi connectivity index (χ1v) is 6.79. The molecular weight excluding hydrogens is 284 g/mol. The predicted octanol–water partition coefficient (Wildman–Crippen LogP) is -0.211. The number of aromatic nitrogens is 2. The molecule has 0 aliphatic heterocycles. The molecule has 2 N–H and O–H groups in total. The van der Waals surface area contributed by atoms with Crippen LogP contribution in [0.3, 0.4) is 0 Å². The van der Waals surface area contributed by atoms with Gasteiger partial charge in [-0.05, 0) is 18.2 Å². The van der Waals surface area contributed by atoms with Crippen molar-refractivity contribution in [3.8, 4) is 0 Å². The molecule has 1 aromatic heterocycles. The van der Waals surface area contributed by atoms with Crippen LogP contribution in [0.4, 0.5) is 0 Å². The minimum Gasteiger partial charge on any atom is -0.353 e. The molecule has 0 atom stereocenters. The van der Waals surface area contributed by atoms with Crippen LogP contribution in [0.5, 0.6) is 0 Å². The second-order valence-electron chi connectivity index (χ2n) is 4.48. The summed E-state index contributed by atoms with van der Waals surface area (Å²) in [6, 6.07) is 11.6. The van der Waals surface area contributed by atoms with E-state index in [0.717, 1.165) is 0 Å². The summed E-state index contributed by atoms with van der Waals surface area (Å²) in [6.45, 7) is 0.417. The second-order valence-corrected chi connectivity index (χ2v) is 4.48. The first kappa shape index (κ1) is 15.4. The van der Waals surface area contributed by atoms with Crippen molar-refractivity contribution < 1.29 is 9.59 Å².